The van der Waals surface area contributed by atoms with Gasteiger partial charge in [0.25, 0.3) is 21.9 Å². The first-order valence-corrected chi connectivity index (χ1v) is 53.9. The van der Waals surface area contributed by atoms with E-state index in [9.17, 15) is 44.2 Å². The van der Waals surface area contributed by atoms with Crippen LogP contribution in [0.5, 0.6) is 11.5 Å². The van der Waals surface area contributed by atoms with Gasteiger partial charge < -0.3 is 134 Å². The van der Waals surface area contributed by atoms with Gasteiger partial charge >= 0.3 is 5.97 Å². The predicted octanol–water partition coefficient (Wildman–Crippen LogP) is 4.22. The molecule has 0 radical (unpaired) electrons. The molecule has 0 aliphatic carbocycles. The van der Waals surface area contributed by atoms with Crippen molar-refractivity contribution in [3.8, 4) is 21.9 Å². The molecule has 4 N–H and O–H groups in total. The smallest absolute Gasteiger partial charge is 0.343 e. The predicted molar refractivity (Wildman–Crippen MR) is 510 cm³/mol. The number of ether oxygens (including phenoxy) is 24. The highest BCUT2D eigenvalue weighted by atomic mass is 32.3. The Hall–Kier alpha value is -5.76. The van der Waals surface area contributed by atoms with Crippen LogP contribution < -0.4 is 34.8 Å². The lowest BCUT2D eigenvalue weighted by Gasteiger charge is -2.49. The average Bonchev–Trinajstić information content (AvgIpc) is 1.69. The summed E-state index contributed by atoms with van der Waals surface area (Å²) >= 11 is 1.84. The number of halogens is 3. The van der Waals surface area contributed by atoms with Crippen LogP contribution in [0.3, 0.4) is 0 Å². The van der Waals surface area contributed by atoms with Crippen LogP contribution in [0, 0.1) is 23.4 Å². The second-order valence-electron chi connectivity index (χ2n) is 32.6. The van der Waals surface area contributed by atoms with Gasteiger partial charge in [0.15, 0.2) is 23.1 Å². The number of rotatable bonds is 82. The molecule has 50 heteroatoms. The van der Waals surface area contributed by atoms with Gasteiger partial charge in [-0.3, -0.25) is 14.1 Å². The topological polar surface area (TPSA) is 458 Å². The number of fused-ring (bicyclic) bond motifs is 8. The highest BCUT2D eigenvalue weighted by molar-refractivity contribution is 8.19. The van der Waals surface area contributed by atoms with Gasteiger partial charge in [-0.15, -0.1) is 39.9 Å². The van der Waals surface area contributed by atoms with E-state index >= 15 is 13.2 Å². The van der Waals surface area contributed by atoms with Crippen LogP contribution in [0.25, 0.3) is 16.0 Å². The average molecular weight is 2130 g/mol. The first-order valence-electron chi connectivity index (χ1n) is 46.6. The fourth-order valence-electron chi connectivity index (χ4n) is 14.6. The number of carbonyl (C=O) groups excluding carboxylic acids is 3. The number of imide groups is 1. The summed E-state index contributed by atoms with van der Waals surface area (Å²) in [6, 6.07) is 7.53. The number of aliphatic hydroxyl groups is 1. The zero-order chi connectivity index (χ0) is 101. The van der Waals surface area contributed by atoms with Crippen molar-refractivity contribution >= 4 is 93.9 Å². The summed E-state index contributed by atoms with van der Waals surface area (Å²) in [6.45, 7) is 24.7. The van der Waals surface area contributed by atoms with Crippen LogP contribution in [-0.2, 0) is 164 Å². The van der Waals surface area contributed by atoms with E-state index < -0.39 is 120 Å². The number of amides is 2. The SMILES string of the molecule is COCCOCCOCCOCCOCCOCCOCCOCCOCCOCCOCCOCCNS(=O)(=O)c1cc2c(s1)-c1cc3c(cc1=[N+](C)C2(C)C)Oc1cc2c(cc1C=3c1c(F)c(SCC(=O)ON3C(=O)CCC3=O)c(F)c(F)c1S(=O)(=O)O)C1SC(S(=O)(=O)COCCOCCOCCOCCOCCOCCNCCOCCOCCOCCOCCOCCO)=CC1C(C)(C)N2C. The standard InChI is InChI=1S/C91H136F3N5O36S6/c1-90(2)70-60-79(139(104,105)65-133-57-56-132-55-54-131-53-52-123-35-31-118-25-21-113-15-11-95-10-14-112-20-24-117-30-34-122-37-33-120-27-23-115-17-13-100)137-86(70)66-58-68-74(62-72(66)97(90)5)134-75-63-73-67(59-69(75)81(68)82-83(92)88(84(93)85(94)89(82)141(108,109)110)136-64-78(103)135-99-76(101)8-9-77(99)102)87-71(91(3,4)98(73)6)61-80(138-87)140(106,107)96-12-16-114-22-26-119-32-36-124-40-41-126-44-45-128-48-49-130-51-50-129-47-46-127-43-42-125-39-38-121-29-28-116-19-18-111-7/h58-63,70,86,95-96,100H,8-57,64-65H2,1-7H3/p+1. The molecule has 2 amide bonds. The largest absolute Gasteiger partial charge is 0.456 e. The monoisotopic (exact) mass is 2120 g/mol. The van der Waals surface area contributed by atoms with Crippen molar-refractivity contribution in [1.29, 1.82) is 0 Å². The number of nitrogens with one attached hydrogen (secondary N) is 2. The van der Waals surface area contributed by atoms with Crippen LogP contribution in [-0.4, -0.2) is 413 Å². The summed E-state index contributed by atoms with van der Waals surface area (Å²) in [5.41, 5.74) is -2.21. The minimum Gasteiger partial charge on any atom is -0.456 e. The summed E-state index contributed by atoms with van der Waals surface area (Å²) in [5, 5.41) is 11.6. The lowest BCUT2D eigenvalue weighted by atomic mass is 9.76. The Labute approximate surface area is 834 Å². The molecule has 2 unspecified atom stereocenters. The summed E-state index contributed by atoms with van der Waals surface area (Å²) in [4.78, 5) is 42.2. The van der Waals surface area contributed by atoms with Crippen molar-refractivity contribution in [3.05, 3.63) is 90.9 Å². The van der Waals surface area contributed by atoms with Gasteiger partial charge in [-0.05, 0) is 37.6 Å². The number of anilines is 1. The Morgan fingerprint density at radius 1 is 0.518 bits per heavy atom. The molecular weight excluding hydrogens is 1990 g/mol. The normalized spacial score (nSPS) is 16.0. The first kappa shape index (κ1) is 119. The number of carbonyl (C=O) groups is 3. The van der Waals surface area contributed by atoms with Crippen molar-refractivity contribution in [3.63, 3.8) is 0 Å². The number of hydroxylamine groups is 2. The maximum Gasteiger partial charge on any atom is 0.343 e. The van der Waals surface area contributed by atoms with Crippen LogP contribution in [0.15, 0.2) is 54.6 Å². The zero-order valence-corrected chi connectivity index (χ0v) is 86.0. The van der Waals surface area contributed by atoms with Gasteiger partial charge in [0.05, 0.1) is 329 Å². The van der Waals surface area contributed by atoms with E-state index in [1.165, 1.54) is 24.3 Å². The van der Waals surface area contributed by atoms with Crippen molar-refractivity contribution < 1.29 is 181 Å². The molecule has 41 nitrogen and oxygen atoms in total. The number of nitrogens with zero attached hydrogens (tertiary/aromatic N) is 3. The number of benzene rings is 3. The highest BCUT2D eigenvalue weighted by Gasteiger charge is 2.51. The molecule has 0 bridgehead atoms. The van der Waals surface area contributed by atoms with E-state index in [4.69, 9.17) is 124 Å². The van der Waals surface area contributed by atoms with Crippen molar-refractivity contribution in [2.24, 2.45) is 5.92 Å². The third kappa shape index (κ3) is 38.1. The van der Waals surface area contributed by atoms with Crippen molar-refractivity contribution in [2.75, 3.05) is 355 Å². The number of thioether (sulfide) groups is 2. The molecule has 6 heterocycles. The third-order valence-electron chi connectivity index (χ3n) is 22.2. The van der Waals surface area contributed by atoms with Gasteiger partial charge in [-0.2, -0.15) is 8.42 Å². The molecule has 1 aromatic heterocycles. The molecule has 4 aromatic rings. The molecule has 9 rings (SSSR count). The van der Waals surface area contributed by atoms with E-state index in [1.807, 2.05) is 37.2 Å². The quantitative estimate of drug-likeness (QED) is 0.0106. The molecule has 1 fully saturated rings. The van der Waals surface area contributed by atoms with Gasteiger partial charge in [0.2, 0.25) is 25.2 Å². The minimum absolute atomic E-state index is 0.00887. The number of hydrogen-bond acceptors (Lipinski definition) is 40. The fraction of sp³-hybridized carbons (Fsp3) is 0.692. The molecule has 798 valence electrons. The Bertz CT molecular complexity index is 5020. The molecular formula is C91H137F3N5O36S6+. The maximum atomic E-state index is 18.4. The molecule has 0 spiro atoms. The zero-order valence-electron chi connectivity index (χ0n) is 81.1. The Kier molecular flexibility index (Phi) is 53.8. The molecule has 0 saturated carbocycles. The minimum atomic E-state index is -6.03. The van der Waals surface area contributed by atoms with Crippen molar-refractivity contribution in [2.45, 2.75) is 70.9 Å². The van der Waals surface area contributed by atoms with E-state index in [0.717, 1.165) is 23.1 Å². The van der Waals surface area contributed by atoms with Crippen LogP contribution >= 0.6 is 34.9 Å². The molecule has 5 aliphatic rings. The van der Waals surface area contributed by atoms with Crippen LogP contribution in [0.4, 0.5) is 18.9 Å². The number of sulfone groups is 1. The van der Waals surface area contributed by atoms with E-state index in [-0.39, 0.29) is 145 Å². The third-order valence-corrected chi connectivity index (χ3v) is 30.7. The second-order valence-corrected chi connectivity index (χ2v) is 41.3. The Balaban J connectivity index is 0.738. The number of hydrogen-bond donors (Lipinski definition) is 4. The lowest BCUT2D eigenvalue weighted by Crippen LogP contribution is -2.51. The first-order chi connectivity index (χ1) is 68.1. The van der Waals surface area contributed by atoms with E-state index in [1.54, 1.807) is 33.3 Å². The number of aliphatic hydroxyl groups excluding tert-OH is 1. The number of sulfonamides is 1. The van der Waals surface area contributed by atoms with E-state index in [0.29, 0.717) is 265 Å². The highest BCUT2D eigenvalue weighted by Crippen LogP contribution is 2.61. The van der Waals surface area contributed by atoms with Crippen LogP contribution in [0.2, 0.25) is 0 Å². The van der Waals surface area contributed by atoms with Gasteiger partial charge in [-0.1, -0.05) is 6.08 Å². The van der Waals surface area contributed by atoms with Gasteiger partial charge in [-0.25, -0.2) is 44.1 Å². The molecule has 3 aromatic carbocycles. The van der Waals surface area contributed by atoms with Crippen LogP contribution in [0.1, 0.15) is 68.0 Å². The molecule has 1 saturated heterocycles. The van der Waals surface area contributed by atoms with E-state index in [2.05, 4.69) is 10.0 Å². The van der Waals surface area contributed by atoms with Gasteiger partial charge in [0, 0.05) is 116 Å². The molecule has 5 aliphatic heterocycles. The lowest BCUT2D eigenvalue weighted by molar-refractivity contribution is -0.195. The van der Waals surface area contributed by atoms with Crippen molar-refractivity contribution in [1.82, 2.24) is 19.7 Å². The van der Waals surface area contributed by atoms with Gasteiger partial charge in [0.1, 0.15) is 33.5 Å². The fourth-order valence-corrected chi connectivity index (χ4v) is 22.0. The summed E-state index contributed by atoms with van der Waals surface area (Å²) in [6.07, 6.45) is 1.02. The summed E-state index contributed by atoms with van der Waals surface area (Å²) in [5.74, 6) is -12.1. The number of methoxy groups -OCH3 is 1. The number of thiophene rings is 1. The summed E-state index contributed by atoms with van der Waals surface area (Å²) < 4.78 is 286. The maximum absolute atomic E-state index is 18.4. The molecule has 141 heavy (non-hydrogen) atoms. The Morgan fingerprint density at radius 2 is 0.922 bits per heavy atom. The summed E-state index contributed by atoms with van der Waals surface area (Å²) in [7, 11) is -9.44. The second kappa shape index (κ2) is 63.8. The molecule has 2 atom stereocenters. The Morgan fingerprint density at radius 3 is 1.34 bits per heavy atom.